The van der Waals surface area contributed by atoms with Crippen molar-refractivity contribution in [3.05, 3.63) is 131 Å². The van der Waals surface area contributed by atoms with Crippen LogP contribution < -0.4 is 19.6 Å². The largest absolute Gasteiger partial charge is 0.490 e. The van der Waals surface area contributed by atoms with Gasteiger partial charge in [-0.1, -0.05) is 12.1 Å². The van der Waals surface area contributed by atoms with Crippen LogP contribution in [-0.2, 0) is 13.2 Å². The maximum Gasteiger partial charge on any atom is 0.307 e. The number of aromatic nitrogens is 1. The van der Waals surface area contributed by atoms with E-state index in [-0.39, 0.29) is 24.8 Å². The SMILES string of the molecule is CCOc1cc(/C=N/NC(=O)c2ccc(COc3ccc(-n4c(C)ccc4C)cc3)o2)ccc1OCc1cccc(F)c1. The lowest BCUT2D eigenvalue weighted by atomic mass is 10.2. The van der Waals surface area contributed by atoms with Gasteiger partial charge in [0.1, 0.15) is 30.5 Å². The Hall–Kier alpha value is -5.31. The van der Waals surface area contributed by atoms with Crippen LogP contribution in [0.2, 0.25) is 0 Å². The van der Waals surface area contributed by atoms with Crippen LogP contribution in [0.1, 0.15) is 45.8 Å². The van der Waals surface area contributed by atoms with Gasteiger partial charge < -0.3 is 23.2 Å². The number of nitrogens with one attached hydrogen (secondary N) is 1. The van der Waals surface area contributed by atoms with E-state index in [1.54, 1.807) is 42.5 Å². The van der Waals surface area contributed by atoms with Crippen molar-refractivity contribution in [1.82, 2.24) is 9.99 Å². The van der Waals surface area contributed by atoms with E-state index in [1.807, 2.05) is 31.2 Å². The number of amides is 1. The molecule has 0 bridgehead atoms. The van der Waals surface area contributed by atoms with Crippen molar-refractivity contribution in [1.29, 1.82) is 0 Å². The molecule has 0 unspecified atom stereocenters. The summed E-state index contributed by atoms with van der Waals surface area (Å²) in [6, 6.07) is 26.7. The summed E-state index contributed by atoms with van der Waals surface area (Å²) >= 11 is 0. The van der Waals surface area contributed by atoms with Crippen LogP contribution >= 0.6 is 0 Å². The van der Waals surface area contributed by atoms with E-state index < -0.39 is 5.91 Å². The second-order valence-corrected chi connectivity index (χ2v) is 9.76. The summed E-state index contributed by atoms with van der Waals surface area (Å²) in [7, 11) is 0. The van der Waals surface area contributed by atoms with Crippen molar-refractivity contribution in [2.24, 2.45) is 5.10 Å². The Kier molecular flexibility index (Phi) is 9.21. The number of carbonyl (C=O) groups is 1. The second kappa shape index (κ2) is 13.6. The third-order valence-corrected chi connectivity index (χ3v) is 6.56. The van der Waals surface area contributed by atoms with Crippen molar-refractivity contribution in [2.75, 3.05) is 6.61 Å². The quantitative estimate of drug-likeness (QED) is 0.125. The van der Waals surface area contributed by atoms with E-state index in [1.165, 1.54) is 18.3 Å². The Morgan fingerprint density at radius 1 is 0.884 bits per heavy atom. The second-order valence-electron chi connectivity index (χ2n) is 9.76. The average Bonchev–Trinajstić information content (AvgIpc) is 3.62. The fourth-order valence-corrected chi connectivity index (χ4v) is 4.50. The molecule has 0 spiro atoms. The number of aryl methyl sites for hydroxylation is 2. The monoisotopic (exact) mass is 581 g/mol. The number of halogens is 1. The number of rotatable bonds is 12. The van der Waals surface area contributed by atoms with Gasteiger partial charge in [0.2, 0.25) is 0 Å². The fraction of sp³-hybridized carbons (Fsp3) is 0.176. The van der Waals surface area contributed by atoms with Crippen LogP contribution in [-0.4, -0.2) is 23.3 Å². The highest BCUT2D eigenvalue weighted by Crippen LogP contribution is 2.29. The van der Waals surface area contributed by atoms with Gasteiger partial charge in [-0.25, -0.2) is 9.82 Å². The Labute approximate surface area is 249 Å². The maximum atomic E-state index is 13.5. The number of furan rings is 1. The van der Waals surface area contributed by atoms with E-state index in [0.717, 1.165) is 17.1 Å². The van der Waals surface area contributed by atoms with Crippen LogP contribution in [0.15, 0.2) is 101 Å². The first-order valence-electron chi connectivity index (χ1n) is 13.8. The maximum absolute atomic E-state index is 13.5. The zero-order valence-electron chi connectivity index (χ0n) is 24.2. The highest BCUT2D eigenvalue weighted by molar-refractivity contribution is 5.92. The predicted octanol–water partition coefficient (Wildman–Crippen LogP) is 7.15. The molecule has 0 saturated carbocycles. The molecular weight excluding hydrogens is 549 g/mol. The van der Waals surface area contributed by atoms with Gasteiger partial charge in [-0.2, -0.15) is 5.10 Å². The lowest BCUT2D eigenvalue weighted by Gasteiger charge is -2.12. The topological polar surface area (TPSA) is 87.2 Å². The summed E-state index contributed by atoms with van der Waals surface area (Å²) in [5.41, 5.74) is 7.24. The van der Waals surface area contributed by atoms with Crippen LogP contribution in [0.25, 0.3) is 5.69 Å². The third kappa shape index (κ3) is 7.51. The van der Waals surface area contributed by atoms with Gasteiger partial charge in [-0.05, 0) is 111 Å². The Bertz CT molecular complexity index is 1700. The zero-order chi connectivity index (χ0) is 30.2. The van der Waals surface area contributed by atoms with Crippen LogP contribution in [0.4, 0.5) is 4.39 Å². The van der Waals surface area contributed by atoms with E-state index in [9.17, 15) is 9.18 Å². The fourth-order valence-electron chi connectivity index (χ4n) is 4.50. The normalized spacial score (nSPS) is 11.1. The van der Waals surface area contributed by atoms with Gasteiger partial charge in [0.15, 0.2) is 17.3 Å². The summed E-state index contributed by atoms with van der Waals surface area (Å²) in [6.07, 6.45) is 1.49. The molecule has 43 heavy (non-hydrogen) atoms. The summed E-state index contributed by atoms with van der Waals surface area (Å²) in [5, 5.41) is 4.04. The van der Waals surface area contributed by atoms with Gasteiger partial charge in [-0.3, -0.25) is 4.79 Å². The number of hydrogen-bond donors (Lipinski definition) is 1. The van der Waals surface area contributed by atoms with Crippen molar-refractivity contribution in [2.45, 2.75) is 34.0 Å². The van der Waals surface area contributed by atoms with Crippen LogP contribution in [0.3, 0.4) is 0 Å². The predicted molar refractivity (Wildman–Crippen MR) is 162 cm³/mol. The lowest BCUT2D eigenvalue weighted by Crippen LogP contribution is -2.16. The van der Waals surface area contributed by atoms with Gasteiger partial charge in [0, 0.05) is 17.1 Å². The van der Waals surface area contributed by atoms with Crippen LogP contribution in [0, 0.1) is 19.7 Å². The smallest absolute Gasteiger partial charge is 0.307 e. The molecule has 0 atom stereocenters. The Balaban J connectivity index is 1.13. The minimum Gasteiger partial charge on any atom is -0.490 e. The number of hydrazone groups is 1. The number of carbonyl (C=O) groups excluding carboxylic acids is 1. The molecule has 8 nitrogen and oxygen atoms in total. The summed E-state index contributed by atoms with van der Waals surface area (Å²) in [4.78, 5) is 12.6. The first-order chi connectivity index (χ1) is 20.9. The van der Waals surface area contributed by atoms with E-state index in [4.69, 9.17) is 18.6 Å². The number of nitrogens with zero attached hydrogens (tertiary/aromatic N) is 2. The van der Waals surface area contributed by atoms with Gasteiger partial charge in [0.05, 0.1) is 12.8 Å². The van der Waals surface area contributed by atoms with E-state index >= 15 is 0 Å². The minimum atomic E-state index is -0.496. The van der Waals surface area contributed by atoms with Crippen LogP contribution in [0.5, 0.6) is 17.2 Å². The molecule has 5 rings (SSSR count). The lowest BCUT2D eigenvalue weighted by molar-refractivity contribution is 0.0923. The van der Waals surface area contributed by atoms with Gasteiger partial charge >= 0.3 is 5.91 Å². The molecule has 0 aliphatic rings. The molecule has 0 saturated heterocycles. The molecule has 0 fully saturated rings. The van der Waals surface area contributed by atoms with Crippen molar-refractivity contribution < 1.29 is 27.8 Å². The molecule has 0 radical (unpaired) electrons. The highest BCUT2D eigenvalue weighted by atomic mass is 19.1. The molecule has 2 heterocycles. The van der Waals surface area contributed by atoms with E-state index in [0.29, 0.717) is 40.7 Å². The summed E-state index contributed by atoms with van der Waals surface area (Å²) in [6.45, 7) is 6.79. The summed E-state index contributed by atoms with van der Waals surface area (Å²) in [5.74, 6) is 1.51. The van der Waals surface area contributed by atoms with Crippen molar-refractivity contribution in [3.8, 4) is 22.9 Å². The first-order valence-corrected chi connectivity index (χ1v) is 13.8. The average molecular weight is 582 g/mol. The molecule has 3 aromatic carbocycles. The number of ether oxygens (including phenoxy) is 3. The van der Waals surface area contributed by atoms with Gasteiger partial charge in [-0.15, -0.1) is 0 Å². The Morgan fingerprint density at radius 3 is 2.42 bits per heavy atom. The zero-order valence-corrected chi connectivity index (χ0v) is 24.2. The van der Waals surface area contributed by atoms with Crippen molar-refractivity contribution in [3.63, 3.8) is 0 Å². The molecule has 1 amide bonds. The first kappa shape index (κ1) is 29.2. The molecule has 2 aromatic heterocycles. The number of benzene rings is 3. The molecular formula is C34H32FN3O5. The van der Waals surface area contributed by atoms with Crippen molar-refractivity contribution >= 4 is 12.1 Å². The van der Waals surface area contributed by atoms with Gasteiger partial charge in [0.25, 0.3) is 0 Å². The molecule has 0 aliphatic carbocycles. The third-order valence-electron chi connectivity index (χ3n) is 6.56. The number of hydrogen-bond acceptors (Lipinski definition) is 6. The van der Waals surface area contributed by atoms with E-state index in [2.05, 4.69) is 41.1 Å². The molecule has 0 aliphatic heterocycles. The summed E-state index contributed by atoms with van der Waals surface area (Å²) < 4.78 is 38.7. The molecule has 1 N–H and O–H groups in total. The molecule has 9 heteroatoms. The molecule has 220 valence electrons. The minimum absolute atomic E-state index is 0.112. The standard InChI is InChI=1S/C34H32FN3O5/c1-4-40-33-19-25(10-16-31(33)42-21-26-6-5-7-27(35)18-26)20-36-37-34(39)32-17-15-30(43-32)22-41-29-13-11-28(12-14-29)38-23(2)8-9-24(38)3/h5-20H,4,21-22H2,1-3H3,(H,37,39)/b36-20+. The highest BCUT2D eigenvalue weighted by Gasteiger charge is 2.12. The Morgan fingerprint density at radius 2 is 1.67 bits per heavy atom. The molecule has 5 aromatic rings.